The summed E-state index contributed by atoms with van der Waals surface area (Å²) in [5.41, 5.74) is 3.89. The first-order valence-corrected chi connectivity index (χ1v) is 8.56. The molecule has 122 valence electrons. The van der Waals surface area contributed by atoms with Crippen LogP contribution in [0.4, 0.5) is 0 Å². The van der Waals surface area contributed by atoms with E-state index in [-0.39, 0.29) is 23.2 Å². The Bertz CT molecular complexity index is 757. The zero-order chi connectivity index (χ0) is 16.1. The molecule has 1 N–H and O–H groups in total. The number of nitrogens with one attached hydrogen (secondary N) is 1. The van der Waals surface area contributed by atoms with Gasteiger partial charge in [0.15, 0.2) is 0 Å². The quantitative estimate of drug-likeness (QED) is 0.679. The van der Waals surface area contributed by atoms with Gasteiger partial charge in [-0.05, 0) is 30.7 Å². The SMILES string of the molecule is CC(=O)OC[C@H]1CN(C)[C@@H]2Cc3c[nH]c4cccc(c34)[C@H]2[C@H]1Cl. The van der Waals surface area contributed by atoms with Gasteiger partial charge in [0, 0.05) is 53.8 Å². The molecule has 0 spiro atoms. The van der Waals surface area contributed by atoms with Crippen molar-refractivity contribution in [2.24, 2.45) is 5.92 Å². The zero-order valence-electron chi connectivity index (χ0n) is 13.4. The number of nitrogens with zero attached hydrogens (tertiary/aromatic N) is 1. The second kappa shape index (κ2) is 5.53. The molecular formula is C18H21ClN2O2. The zero-order valence-corrected chi connectivity index (χ0v) is 14.1. The van der Waals surface area contributed by atoms with Crippen LogP contribution in [0.1, 0.15) is 24.0 Å². The Kier molecular flexibility index (Phi) is 3.62. The molecule has 1 aromatic heterocycles. The first kappa shape index (κ1) is 15.0. The van der Waals surface area contributed by atoms with Gasteiger partial charge in [0.1, 0.15) is 0 Å². The summed E-state index contributed by atoms with van der Waals surface area (Å²) in [5.74, 6) is 0.183. The summed E-state index contributed by atoms with van der Waals surface area (Å²) in [6.45, 7) is 2.71. The molecule has 1 fully saturated rings. The molecule has 5 heteroatoms. The number of piperidine rings is 1. The first-order valence-electron chi connectivity index (χ1n) is 8.13. The molecule has 0 saturated carbocycles. The number of aromatic amines is 1. The second-order valence-electron chi connectivity index (χ2n) is 6.83. The van der Waals surface area contributed by atoms with Crippen LogP contribution in [0.5, 0.6) is 0 Å². The van der Waals surface area contributed by atoms with Crippen LogP contribution in [-0.4, -0.2) is 47.5 Å². The molecule has 1 saturated heterocycles. The van der Waals surface area contributed by atoms with Crippen LogP contribution in [0.15, 0.2) is 24.4 Å². The lowest BCUT2D eigenvalue weighted by Crippen LogP contribution is -2.54. The lowest BCUT2D eigenvalue weighted by Gasteiger charge is -2.48. The highest BCUT2D eigenvalue weighted by Crippen LogP contribution is 2.46. The number of likely N-dealkylation sites (N-methyl/N-ethyl adjacent to an activating group) is 1. The third kappa shape index (κ3) is 2.36. The molecule has 0 amide bonds. The molecule has 4 nitrogen and oxygen atoms in total. The summed E-state index contributed by atoms with van der Waals surface area (Å²) < 4.78 is 5.25. The predicted molar refractivity (Wildman–Crippen MR) is 90.9 cm³/mol. The number of esters is 1. The Hall–Kier alpha value is -1.52. The van der Waals surface area contributed by atoms with E-state index in [4.69, 9.17) is 16.3 Å². The van der Waals surface area contributed by atoms with Gasteiger partial charge >= 0.3 is 5.97 Å². The normalized spacial score (nSPS) is 30.2. The summed E-state index contributed by atoms with van der Waals surface area (Å²) in [4.78, 5) is 16.9. The van der Waals surface area contributed by atoms with E-state index < -0.39 is 0 Å². The Balaban J connectivity index is 1.73. The summed E-state index contributed by atoms with van der Waals surface area (Å²) in [6.07, 6.45) is 3.15. The number of likely N-dealkylation sites (tertiary alicyclic amines) is 1. The van der Waals surface area contributed by atoms with Crippen molar-refractivity contribution in [3.8, 4) is 0 Å². The average molecular weight is 333 g/mol. The highest BCUT2D eigenvalue weighted by Gasteiger charge is 2.45. The number of carbonyl (C=O) groups excluding carboxylic acids is 1. The number of ether oxygens (including phenoxy) is 1. The van der Waals surface area contributed by atoms with Crippen molar-refractivity contribution >= 4 is 28.5 Å². The molecule has 1 aliphatic carbocycles. The summed E-state index contributed by atoms with van der Waals surface area (Å²) in [6, 6.07) is 6.82. The fourth-order valence-electron chi connectivity index (χ4n) is 4.37. The van der Waals surface area contributed by atoms with Crippen LogP contribution in [-0.2, 0) is 16.0 Å². The Labute approximate surface area is 140 Å². The van der Waals surface area contributed by atoms with Gasteiger partial charge in [-0.2, -0.15) is 0 Å². The minimum absolute atomic E-state index is 0.0239. The molecule has 0 radical (unpaired) electrons. The number of halogens is 1. The number of H-pyrrole nitrogens is 1. The van der Waals surface area contributed by atoms with Crippen LogP contribution >= 0.6 is 11.6 Å². The third-order valence-corrected chi connectivity index (χ3v) is 6.03. The van der Waals surface area contributed by atoms with Gasteiger partial charge in [-0.1, -0.05) is 12.1 Å². The molecule has 2 heterocycles. The average Bonchev–Trinajstić information content (AvgIpc) is 2.94. The largest absolute Gasteiger partial charge is 0.465 e. The van der Waals surface area contributed by atoms with E-state index in [1.807, 2.05) is 0 Å². The number of hydrogen-bond acceptors (Lipinski definition) is 3. The lowest BCUT2D eigenvalue weighted by atomic mass is 9.72. The van der Waals surface area contributed by atoms with Gasteiger partial charge in [-0.25, -0.2) is 0 Å². The standard InChI is InChI=1S/C18H21ClN2O2/c1-10(22)23-9-12-8-21(2)15-6-11-7-20-14-5-3-4-13(16(11)14)17(15)18(12)19/h3-5,7,12,15,17-18,20H,6,8-9H2,1-2H3/t12-,15-,17-,18+/m1/s1. The van der Waals surface area contributed by atoms with Crippen molar-refractivity contribution in [1.29, 1.82) is 0 Å². The smallest absolute Gasteiger partial charge is 0.302 e. The fourth-order valence-corrected chi connectivity index (χ4v) is 4.82. The van der Waals surface area contributed by atoms with Crippen molar-refractivity contribution in [2.45, 2.75) is 30.7 Å². The molecular weight excluding hydrogens is 312 g/mol. The number of fused-ring (bicyclic) bond motifs is 2. The molecule has 23 heavy (non-hydrogen) atoms. The number of benzene rings is 1. The highest BCUT2D eigenvalue weighted by molar-refractivity contribution is 6.21. The monoisotopic (exact) mass is 332 g/mol. The van der Waals surface area contributed by atoms with E-state index in [1.165, 1.54) is 29.0 Å². The van der Waals surface area contributed by atoms with E-state index in [0.29, 0.717) is 12.6 Å². The van der Waals surface area contributed by atoms with Gasteiger partial charge in [0.2, 0.25) is 0 Å². The number of rotatable bonds is 2. The Morgan fingerprint density at radius 2 is 2.30 bits per heavy atom. The number of carbonyl (C=O) groups is 1. The Morgan fingerprint density at radius 1 is 1.48 bits per heavy atom. The Morgan fingerprint density at radius 3 is 3.09 bits per heavy atom. The van der Waals surface area contributed by atoms with Crippen LogP contribution in [0.25, 0.3) is 10.9 Å². The van der Waals surface area contributed by atoms with Crippen molar-refractivity contribution in [3.05, 3.63) is 35.5 Å². The molecule has 0 unspecified atom stereocenters. The van der Waals surface area contributed by atoms with Crippen LogP contribution in [0.3, 0.4) is 0 Å². The topological polar surface area (TPSA) is 45.3 Å². The van der Waals surface area contributed by atoms with Crippen LogP contribution in [0, 0.1) is 5.92 Å². The fraction of sp³-hybridized carbons (Fsp3) is 0.500. The first-order chi connectivity index (χ1) is 11.1. The maximum atomic E-state index is 11.2. The molecule has 1 aliphatic heterocycles. The van der Waals surface area contributed by atoms with Gasteiger partial charge < -0.3 is 14.6 Å². The van der Waals surface area contributed by atoms with Crippen molar-refractivity contribution < 1.29 is 9.53 Å². The van der Waals surface area contributed by atoms with E-state index in [1.54, 1.807) is 0 Å². The summed E-state index contributed by atoms with van der Waals surface area (Å²) >= 11 is 6.90. The molecule has 4 atom stereocenters. The minimum Gasteiger partial charge on any atom is -0.465 e. The van der Waals surface area contributed by atoms with E-state index >= 15 is 0 Å². The van der Waals surface area contributed by atoms with Gasteiger partial charge in [0.25, 0.3) is 0 Å². The number of hydrogen-bond donors (Lipinski definition) is 1. The molecule has 2 aliphatic rings. The van der Waals surface area contributed by atoms with Crippen LogP contribution in [0.2, 0.25) is 0 Å². The minimum atomic E-state index is -0.239. The van der Waals surface area contributed by atoms with E-state index in [0.717, 1.165) is 13.0 Å². The lowest BCUT2D eigenvalue weighted by molar-refractivity contribution is -0.143. The summed E-state index contributed by atoms with van der Waals surface area (Å²) in [7, 11) is 2.15. The van der Waals surface area contributed by atoms with Gasteiger partial charge in [0.05, 0.1) is 6.61 Å². The number of aromatic nitrogens is 1. The van der Waals surface area contributed by atoms with E-state index in [9.17, 15) is 4.79 Å². The molecule has 0 bridgehead atoms. The molecule has 4 rings (SSSR count). The van der Waals surface area contributed by atoms with Crippen LogP contribution < -0.4 is 0 Å². The van der Waals surface area contributed by atoms with Crippen molar-refractivity contribution in [2.75, 3.05) is 20.2 Å². The van der Waals surface area contributed by atoms with Gasteiger partial charge in [-0.3, -0.25) is 4.79 Å². The summed E-state index contributed by atoms with van der Waals surface area (Å²) in [5, 5.41) is 1.31. The van der Waals surface area contributed by atoms with Crippen molar-refractivity contribution in [1.82, 2.24) is 9.88 Å². The van der Waals surface area contributed by atoms with Crippen molar-refractivity contribution in [3.63, 3.8) is 0 Å². The van der Waals surface area contributed by atoms with Gasteiger partial charge in [-0.15, -0.1) is 11.6 Å². The maximum Gasteiger partial charge on any atom is 0.302 e. The maximum absolute atomic E-state index is 11.2. The third-order valence-electron chi connectivity index (χ3n) is 5.41. The number of alkyl halides is 1. The highest BCUT2D eigenvalue weighted by atomic mass is 35.5. The predicted octanol–water partition coefficient (Wildman–Crippen LogP) is 2.91. The second-order valence-corrected chi connectivity index (χ2v) is 7.33. The van der Waals surface area contributed by atoms with E-state index in [2.05, 4.69) is 41.3 Å². The molecule has 1 aromatic carbocycles. The molecule has 2 aromatic rings.